The molecule has 0 aliphatic carbocycles. The van der Waals surface area contributed by atoms with Crippen LogP contribution >= 0.6 is 0 Å². The Labute approximate surface area is 133 Å². The summed E-state index contributed by atoms with van der Waals surface area (Å²) in [6.07, 6.45) is 2.41. The van der Waals surface area contributed by atoms with Crippen LogP contribution in [0.4, 0.5) is 4.39 Å². The number of morpholine rings is 1. The molecule has 1 saturated heterocycles. The van der Waals surface area contributed by atoms with Gasteiger partial charge in [0.15, 0.2) is 0 Å². The van der Waals surface area contributed by atoms with Gasteiger partial charge in [-0.15, -0.1) is 0 Å². The summed E-state index contributed by atoms with van der Waals surface area (Å²) in [6.45, 7) is 2.94. The number of amides is 1. The number of nitrogens with zero attached hydrogens (tertiary/aromatic N) is 2. The van der Waals surface area contributed by atoms with Crippen molar-refractivity contribution in [1.82, 2.24) is 9.88 Å². The van der Waals surface area contributed by atoms with Gasteiger partial charge in [0.05, 0.1) is 24.9 Å². The summed E-state index contributed by atoms with van der Waals surface area (Å²) in [5, 5.41) is 9.45. The van der Waals surface area contributed by atoms with Crippen LogP contribution in [0.3, 0.4) is 0 Å². The molecule has 0 bridgehead atoms. The number of aryl methyl sites for hydroxylation is 1. The van der Waals surface area contributed by atoms with Crippen molar-refractivity contribution < 1.29 is 19.0 Å². The zero-order chi connectivity index (χ0) is 16.4. The molecule has 2 heterocycles. The first-order valence-corrected chi connectivity index (χ1v) is 7.35. The van der Waals surface area contributed by atoms with E-state index in [0.717, 1.165) is 5.56 Å². The van der Waals surface area contributed by atoms with E-state index < -0.39 is 0 Å². The van der Waals surface area contributed by atoms with Crippen LogP contribution < -0.4 is 0 Å². The van der Waals surface area contributed by atoms with Crippen molar-refractivity contribution in [1.29, 1.82) is 0 Å². The Hall–Kier alpha value is -2.47. The maximum Gasteiger partial charge on any atom is 0.255 e. The molecule has 1 aliphatic heterocycles. The van der Waals surface area contributed by atoms with Crippen molar-refractivity contribution in [3.63, 3.8) is 0 Å². The number of hydrogen-bond acceptors (Lipinski definition) is 4. The minimum atomic E-state index is -0.294. The van der Waals surface area contributed by atoms with Gasteiger partial charge in [-0.2, -0.15) is 0 Å². The molecule has 1 fully saturated rings. The molecular formula is C17H17FN2O3. The molecule has 0 spiro atoms. The van der Waals surface area contributed by atoms with E-state index in [-0.39, 0.29) is 23.6 Å². The Balaban J connectivity index is 1.77. The average Bonchev–Trinajstić information content (AvgIpc) is 2.57. The van der Waals surface area contributed by atoms with Crippen molar-refractivity contribution in [3.8, 4) is 5.75 Å². The monoisotopic (exact) mass is 316 g/mol. The maximum absolute atomic E-state index is 13.4. The van der Waals surface area contributed by atoms with Crippen LogP contribution in [0.2, 0.25) is 0 Å². The molecule has 1 aromatic carbocycles. The zero-order valence-electron chi connectivity index (χ0n) is 12.7. The van der Waals surface area contributed by atoms with Gasteiger partial charge in [0, 0.05) is 12.7 Å². The quantitative estimate of drug-likeness (QED) is 0.924. The average molecular weight is 316 g/mol. The molecule has 1 aliphatic rings. The van der Waals surface area contributed by atoms with Crippen LogP contribution in [0.15, 0.2) is 36.7 Å². The van der Waals surface area contributed by atoms with Crippen molar-refractivity contribution in [2.45, 2.75) is 13.0 Å². The molecule has 1 aromatic heterocycles. The highest BCUT2D eigenvalue weighted by Crippen LogP contribution is 2.25. The Kier molecular flexibility index (Phi) is 4.25. The number of carbonyl (C=O) groups excluding carboxylic acids is 1. The summed E-state index contributed by atoms with van der Waals surface area (Å²) in [7, 11) is 0. The first-order valence-electron chi connectivity index (χ1n) is 7.35. The molecule has 0 unspecified atom stereocenters. The van der Waals surface area contributed by atoms with Crippen molar-refractivity contribution in [3.05, 3.63) is 59.2 Å². The molecular weight excluding hydrogens is 299 g/mol. The van der Waals surface area contributed by atoms with Gasteiger partial charge in [0.25, 0.3) is 5.91 Å². The summed E-state index contributed by atoms with van der Waals surface area (Å²) < 4.78 is 19.1. The molecule has 1 N–H and O–H groups in total. The smallest absolute Gasteiger partial charge is 0.255 e. The number of aromatic hydroxyl groups is 1. The third-order valence-corrected chi connectivity index (χ3v) is 3.88. The van der Waals surface area contributed by atoms with Crippen LogP contribution in [0, 0.1) is 12.7 Å². The molecule has 1 amide bonds. The standard InChI is InChI=1S/C17H17FN2O3/c1-11-6-12(2-3-15(11)18)16-10-20(4-5-23-16)17(22)13-7-14(21)9-19-8-13/h2-3,6-9,16,21H,4-5,10H2,1H3/t16-/m0/s1. The lowest BCUT2D eigenvalue weighted by molar-refractivity contribution is -0.0228. The van der Waals surface area contributed by atoms with Crippen molar-refractivity contribution in [2.75, 3.05) is 19.7 Å². The Morgan fingerprint density at radius 1 is 1.39 bits per heavy atom. The molecule has 0 radical (unpaired) electrons. The van der Waals surface area contributed by atoms with Gasteiger partial charge in [-0.25, -0.2) is 4.39 Å². The third kappa shape index (κ3) is 3.32. The highest BCUT2D eigenvalue weighted by atomic mass is 19.1. The molecule has 1 atom stereocenters. The van der Waals surface area contributed by atoms with Gasteiger partial charge in [-0.1, -0.05) is 12.1 Å². The number of pyridine rings is 1. The molecule has 6 heteroatoms. The van der Waals surface area contributed by atoms with E-state index in [1.165, 1.54) is 24.5 Å². The SMILES string of the molecule is Cc1cc([C@@H]2CN(C(=O)c3cncc(O)c3)CCO2)ccc1F. The predicted molar refractivity (Wildman–Crippen MR) is 81.6 cm³/mol. The number of benzene rings is 1. The first-order chi connectivity index (χ1) is 11.0. The lowest BCUT2D eigenvalue weighted by Gasteiger charge is -2.33. The largest absolute Gasteiger partial charge is 0.506 e. The van der Waals surface area contributed by atoms with Gasteiger partial charge in [-0.05, 0) is 30.2 Å². The van der Waals surface area contributed by atoms with Gasteiger partial charge in [-0.3, -0.25) is 9.78 Å². The van der Waals surface area contributed by atoms with Crippen LogP contribution in [0.5, 0.6) is 5.75 Å². The van der Waals surface area contributed by atoms with E-state index in [9.17, 15) is 14.3 Å². The molecule has 3 rings (SSSR count). The fourth-order valence-corrected chi connectivity index (χ4v) is 2.63. The highest BCUT2D eigenvalue weighted by molar-refractivity contribution is 5.94. The van der Waals surface area contributed by atoms with E-state index in [1.807, 2.05) is 0 Å². The lowest BCUT2D eigenvalue weighted by atomic mass is 10.0. The summed E-state index contributed by atoms with van der Waals surface area (Å²) in [5.74, 6) is -0.515. The number of carbonyl (C=O) groups is 1. The molecule has 23 heavy (non-hydrogen) atoms. The van der Waals surface area contributed by atoms with Gasteiger partial charge in [0.1, 0.15) is 17.7 Å². The van der Waals surface area contributed by atoms with Gasteiger partial charge >= 0.3 is 0 Å². The lowest BCUT2D eigenvalue weighted by Crippen LogP contribution is -2.42. The summed E-state index contributed by atoms with van der Waals surface area (Å²) in [4.78, 5) is 18.0. The summed E-state index contributed by atoms with van der Waals surface area (Å²) in [5.41, 5.74) is 1.73. The minimum Gasteiger partial charge on any atom is -0.506 e. The third-order valence-electron chi connectivity index (χ3n) is 3.88. The number of hydrogen-bond donors (Lipinski definition) is 1. The maximum atomic E-state index is 13.4. The Morgan fingerprint density at radius 3 is 2.96 bits per heavy atom. The van der Waals surface area contributed by atoms with Gasteiger partial charge < -0.3 is 14.7 Å². The number of aromatic nitrogens is 1. The predicted octanol–water partition coefficient (Wildman–Crippen LogP) is 2.45. The summed E-state index contributed by atoms with van der Waals surface area (Å²) in [6, 6.07) is 6.22. The van der Waals surface area contributed by atoms with Gasteiger partial charge in [0.2, 0.25) is 0 Å². The van der Waals surface area contributed by atoms with Crippen molar-refractivity contribution in [2.24, 2.45) is 0 Å². The van der Waals surface area contributed by atoms with E-state index in [4.69, 9.17) is 4.74 Å². The number of halogens is 1. The van der Waals surface area contributed by atoms with E-state index in [0.29, 0.717) is 30.8 Å². The Bertz CT molecular complexity index is 736. The molecule has 0 saturated carbocycles. The van der Waals surface area contributed by atoms with E-state index >= 15 is 0 Å². The second-order valence-electron chi connectivity index (χ2n) is 5.55. The summed E-state index contributed by atoms with van der Waals surface area (Å²) >= 11 is 0. The molecule has 120 valence electrons. The van der Waals surface area contributed by atoms with Crippen LogP contribution in [-0.2, 0) is 4.74 Å². The number of ether oxygens (including phenoxy) is 1. The Morgan fingerprint density at radius 2 is 2.22 bits per heavy atom. The van der Waals surface area contributed by atoms with E-state index in [2.05, 4.69) is 4.98 Å². The minimum absolute atomic E-state index is 0.0465. The second kappa shape index (κ2) is 6.34. The first kappa shape index (κ1) is 15.4. The topological polar surface area (TPSA) is 62.7 Å². The van der Waals surface area contributed by atoms with Crippen LogP contribution in [0.1, 0.15) is 27.6 Å². The normalized spacial score (nSPS) is 18.0. The fraction of sp³-hybridized carbons (Fsp3) is 0.294. The zero-order valence-corrected chi connectivity index (χ0v) is 12.7. The van der Waals surface area contributed by atoms with Crippen molar-refractivity contribution >= 4 is 5.91 Å². The fourth-order valence-electron chi connectivity index (χ4n) is 2.63. The second-order valence-corrected chi connectivity index (χ2v) is 5.55. The molecule has 5 nitrogen and oxygen atoms in total. The van der Waals surface area contributed by atoms with Crippen LogP contribution in [-0.4, -0.2) is 40.6 Å². The highest BCUT2D eigenvalue weighted by Gasteiger charge is 2.26. The molecule has 2 aromatic rings. The van der Waals surface area contributed by atoms with E-state index in [1.54, 1.807) is 24.0 Å². The van der Waals surface area contributed by atoms with Crippen LogP contribution in [0.25, 0.3) is 0 Å². The number of rotatable bonds is 2.